The van der Waals surface area contributed by atoms with E-state index in [1.54, 1.807) is 6.21 Å². The molecule has 2 aromatic carbocycles. The molecule has 0 saturated carbocycles. The molecule has 0 fully saturated rings. The summed E-state index contributed by atoms with van der Waals surface area (Å²) in [5.74, 6) is -0.176. The summed E-state index contributed by atoms with van der Waals surface area (Å²) in [6.45, 7) is 4.34. The summed E-state index contributed by atoms with van der Waals surface area (Å²) < 4.78 is 2.21. The van der Waals surface area contributed by atoms with E-state index in [9.17, 15) is 4.79 Å². The van der Waals surface area contributed by atoms with E-state index >= 15 is 0 Å². The lowest BCUT2D eigenvalue weighted by atomic mass is 10.1. The van der Waals surface area contributed by atoms with Crippen LogP contribution in [0.4, 0.5) is 0 Å². The summed E-state index contributed by atoms with van der Waals surface area (Å²) in [6.07, 6.45) is 3.76. The number of carbonyl (C=O) groups is 1. The lowest BCUT2D eigenvalue weighted by molar-refractivity contribution is -0.118. The first-order valence-electron chi connectivity index (χ1n) is 7.56. The minimum absolute atomic E-state index is 0.176. The van der Waals surface area contributed by atoms with Crippen molar-refractivity contribution < 1.29 is 4.79 Å². The normalized spacial score (nSPS) is 11.2. The van der Waals surface area contributed by atoms with Crippen molar-refractivity contribution in [3.63, 3.8) is 0 Å². The predicted octanol–water partition coefficient (Wildman–Crippen LogP) is 3.47. The van der Waals surface area contributed by atoms with Crippen molar-refractivity contribution in [3.05, 3.63) is 71.4 Å². The van der Waals surface area contributed by atoms with E-state index < -0.39 is 0 Å². The van der Waals surface area contributed by atoms with E-state index in [4.69, 9.17) is 0 Å². The molecule has 3 rings (SSSR count). The Bertz CT molecular complexity index is 877. The molecule has 0 spiro atoms. The number of aromatic nitrogens is 1. The van der Waals surface area contributed by atoms with Crippen LogP contribution in [0.1, 0.15) is 23.6 Å². The number of para-hydroxylation sites is 1. The number of rotatable bonds is 4. The molecule has 1 N–H and O–H groups in total. The van der Waals surface area contributed by atoms with Crippen molar-refractivity contribution in [1.29, 1.82) is 0 Å². The van der Waals surface area contributed by atoms with Gasteiger partial charge in [-0.05, 0) is 18.6 Å². The topological polar surface area (TPSA) is 46.4 Å². The third-order valence-electron chi connectivity index (χ3n) is 3.68. The average molecular weight is 305 g/mol. The van der Waals surface area contributed by atoms with Crippen LogP contribution < -0.4 is 5.43 Å². The highest BCUT2D eigenvalue weighted by molar-refractivity contribution is 5.99. The third kappa shape index (κ3) is 3.48. The first-order valence-corrected chi connectivity index (χ1v) is 7.56. The molecule has 1 heterocycles. The second-order valence-electron chi connectivity index (χ2n) is 5.64. The third-order valence-corrected chi connectivity index (χ3v) is 3.68. The fourth-order valence-electron chi connectivity index (χ4n) is 2.71. The molecule has 0 aliphatic rings. The van der Waals surface area contributed by atoms with Crippen LogP contribution in [0.25, 0.3) is 10.9 Å². The van der Waals surface area contributed by atoms with Crippen molar-refractivity contribution in [2.45, 2.75) is 20.4 Å². The Kier molecular flexibility index (Phi) is 4.24. The average Bonchev–Trinajstić information content (AvgIpc) is 2.85. The van der Waals surface area contributed by atoms with Crippen LogP contribution in [-0.4, -0.2) is 16.7 Å². The van der Waals surface area contributed by atoms with Crippen molar-refractivity contribution in [1.82, 2.24) is 9.99 Å². The molecule has 0 aliphatic heterocycles. The van der Waals surface area contributed by atoms with Crippen LogP contribution in [0.3, 0.4) is 0 Å². The lowest BCUT2D eigenvalue weighted by Gasteiger charge is -2.06. The maximum atomic E-state index is 10.9. The van der Waals surface area contributed by atoms with Crippen LogP contribution in [0.2, 0.25) is 0 Å². The highest BCUT2D eigenvalue weighted by Crippen LogP contribution is 2.21. The zero-order valence-corrected chi connectivity index (χ0v) is 13.3. The fourth-order valence-corrected chi connectivity index (χ4v) is 2.71. The highest BCUT2D eigenvalue weighted by atomic mass is 16.2. The van der Waals surface area contributed by atoms with Gasteiger partial charge in [-0.3, -0.25) is 4.79 Å². The molecule has 0 atom stereocenters. The van der Waals surface area contributed by atoms with Gasteiger partial charge >= 0.3 is 0 Å². The number of aryl methyl sites for hydroxylation is 1. The number of carbonyl (C=O) groups excluding carboxylic acids is 1. The van der Waals surface area contributed by atoms with E-state index in [2.05, 4.69) is 64.6 Å². The van der Waals surface area contributed by atoms with Crippen molar-refractivity contribution in [2.75, 3.05) is 0 Å². The van der Waals surface area contributed by atoms with E-state index in [-0.39, 0.29) is 5.91 Å². The second kappa shape index (κ2) is 6.48. The number of hydrazone groups is 1. The zero-order chi connectivity index (χ0) is 16.2. The maximum Gasteiger partial charge on any atom is 0.236 e. The minimum Gasteiger partial charge on any atom is -0.342 e. The number of hydrogen-bond donors (Lipinski definition) is 1. The molecule has 4 heteroatoms. The molecule has 1 amide bonds. The van der Waals surface area contributed by atoms with Gasteiger partial charge in [0.2, 0.25) is 5.91 Å². The van der Waals surface area contributed by atoms with Crippen LogP contribution in [0.15, 0.2) is 59.8 Å². The second-order valence-corrected chi connectivity index (χ2v) is 5.64. The number of fused-ring (bicyclic) bond motifs is 1. The van der Waals surface area contributed by atoms with Gasteiger partial charge < -0.3 is 4.57 Å². The minimum atomic E-state index is -0.176. The molecule has 1 aromatic heterocycles. The molecule has 0 unspecified atom stereocenters. The van der Waals surface area contributed by atoms with Crippen molar-refractivity contribution >= 4 is 23.0 Å². The SMILES string of the molecule is CC(=O)N/N=C\c1cn(Cc2cccc(C)c2)c2ccccc12. The molecule has 0 radical (unpaired) electrons. The van der Waals surface area contributed by atoms with Gasteiger partial charge in [-0.1, -0.05) is 48.0 Å². The molecule has 0 bridgehead atoms. The maximum absolute atomic E-state index is 10.9. The van der Waals surface area contributed by atoms with E-state index in [1.165, 1.54) is 18.1 Å². The van der Waals surface area contributed by atoms with Gasteiger partial charge in [-0.2, -0.15) is 5.10 Å². The summed E-state index contributed by atoms with van der Waals surface area (Å²) in [5, 5.41) is 5.11. The van der Waals surface area contributed by atoms with E-state index in [1.807, 2.05) is 12.1 Å². The summed E-state index contributed by atoms with van der Waals surface area (Å²) in [5.41, 5.74) is 7.10. The highest BCUT2D eigenvalue weighted by Gasteiger charge is 2.07. The fraction of sp³-hybridized carbons (Fsp3) is 0.158. The molecule has 116 valence electrons. The first kappa shape index (κ1) is 15.0. The molecular weight excluding hydrogens is 286 g/mol. The van der Waals surface area contributed by atoms with Crippen LogP contribution in [0, 0.1) is 6.92 Å². The van der Waals surface area contributed by atoms with Gasteiger partial charge in [-0.25, -0.2) is 5.43 Å². The van der Waals surface area contributed by atoms with Gasteiger partial charge in [0, 0.05) is 36.1 Å². The first-order chi connectivity index (χ1) is 11.1. The smallest absolute Gasteiger partial charge is 0.236 e. The molecule has 0 saturated heterocycles. The number of amides is 1. The molecule has 4 nitrogen and oxygen atoms in total. The van der Waals surface area contributed by atoms with Gasteiger partial charge in [0.1, 0.15) is 0 Å². The van der Waals surface area contributed by atoms with Crippen molar-refractivity contribution in [2.24, 2.45) is 5.10 Å². The zero-order valence-electron chi connectivity index (χ0n) is 13.3. The Balaban J connectivity index is 1.97. The molecule has 0 aliphatic carbocycles. The van der Waals surface area contributed by atoms with Crippen molar-refractivity contribution in [3.8, 4) is 0 Å². The van der Waals surface area contributed by atoms with Crippen LogP contribution in [0.5, 0.6) is 0 Å². The largest absolute Gasteiger partial charge is 0.342 e. The summed E-state index contributed by atoms with van der Waals surface area (Å²) >= 11 is 0. The van der Waals surface area contributed by atoms with E-state index in [0.29, 0.717) is 0 Å². The van der Waals surface area contributed by atoms with Gasteiger partial charge in [0.25, 0.3) is 0 Å². The van der Waals surface area contributed by atoms with Crippen LogP contribution >= 0.6 is 0 Å². The summed E-state index contributed by atoms with van der Waals surface area (Å²) in [6, 6.07) is 16.7. The predicted molar refractivity (Wildman–Crippen MR) is 93.6 cm³/mol. The molecular formula is C19H19N3O. The number of hydrogen-bond acceptors (Lipinski definition) is 2. The Morgan fingerprint density at radius 1 is 1.22 bits per heavy atom. The Morgan fingerprint density at radius 3 is 2.83 bits per heavy atom. The Hall–Kier alpha value is -2.88. The van der Waals surface area contributed by atoms with Gasteiger partial charge in [0.15, 0.2) is 0 Å². The summed E-state index contributed by atoms with van der Waals surface area (Å²) in [7, 11) is 0. The standard InChI is InChI=1S/C19H19N3O/c1-14-6-5-7-16(10-14)12-22-13-17(11-20-21-15(2)23)18-8-3-4-9-19(18)22/h3-11,13H,12H2,1-2H3,(H,21,23)/b20-11-. The Labute approximate surface area is 135 Å². The summed E-state index contributed by atoms with van der Waals surface area (Å²) in [4.78, 5) is 10.9. The Morgan fingerprint density at radius 2 is 2.04 bits per heavy atom. The number of nitrogens with zero attached hydrogens (tertiary/aromatic N) is 2. The quantitative estimate of drug-likeness (QED) is 0.582. The van der Waals surface area contributed by atoms with Crippen LogP contribution in [-0.2, 0) is 11.3 Å². The van der Waals surface area contributed by atoms with Gasteiger partial charge in [-0.15, -0.1) is 0 Å². The van der Waals surface area contributed by atoms with Gasteiger partial charge in [0.05, 0.1) is 6.21 Å². The molecule has 23 heavy (non-hydrogen) atoms. The van der Waals surface area contributed by atoms with E-state index in [0.717, 1.165) is 23.0 Å². The molecule has 3 aromatic rings. The monoisotopic (exact) mass is 305 g/mol. The number of nitrogens with one attached hydrogen (secondary N) is 1. The number of benzene rings is 2. The lowest BCUT2D eigenvalue weighted by Crippen LogP contribution is -2.12.